The topological polar surface area (TPSA) is 58.6 Å². The molecule has 0 bridgehead atoms. The van der Waals surface area contributed by atoms with Crippen LogP contribution in [0.3, 0.4) is 0 Å². The van der Waals surface area contributed by atoms with Crippen molar-refractivity contribution in [1.29, 1.82) is 0 Å². The van der Waals surface area contributed by atoms with Crippen LogP contribution in [0.1, 0.15) is 13.3 Å². The van der Waals surface area contributed by atoms with Gasteiger partial charge >= 0.3 is 0 Å². The highest BCUT2D eigenvalue weighted by molar-refractivity contribution is 5.87. The zero-order valence-corrected chi connectivity index (χ0v) is 13.5. The van der Waals surface area contributed by atoms with E-state index < -0.39 is 6.04 Å². The summed E-state index contributed by atoms with van der Waals surface area (Å²) in [5.74, 6) is 0.327. The van der Waals surface area contributed by atoms with Crippen molar-refractivity contribution in [1.82, 2.24) is 10.2 Å². The van der Waals surface area contributed by atoms with E-state index in [1.54, 1.807) is 24.0 Å². The van der Waals surface area contributed by atoms with Crippen LogP contribution in [0.5, 0.6) is 5.75 Å². The van der Waals surface area contributed by atoms with Gasteiger partial charge in [-0.3, -0.25) is 9.59 Å². The normalized spacial score (nSPS) is 11.2. The molecule has 0 spiro atoms. The van der Waals surface area contributed by atoms with Gasteiger partial charge in [-0.25, -0.2) is 0 Å². The maximum absolute atomic E-state index is 12.2. The molecule has 1 unspecified atom stereocenters. The van der Waals surface area contributed by atoms with Crippen molar-refractivity contribution < 1.29 is 14.3 Å². The van der Waals surface area contributed by atoms with Crippen LogP contribution in [0.2, 0.25) is 0 Å². The van der Waals surface area contributed by atoms with E-state index in [0.717, 1.165) is 0 Å². The summed E-state index contributed by atoms with van der Waals surface area (Å²) in [6.07, 6.45) is 3.47. The number of nitrogens with one attached hydrogen (secondary N) is 1. The van der Waals surface area contributed by atoms with Crippen LogP contribution in [-0.2, 0) is 9.59 Å². The molecule has 0 aliphatic heterocycles. The van der Waals surface area contributed by atoms with E-state index in [2.05, 4.69) is 18.5 Å². The number of carbonyl (C=O) groups excluding carboxylic acids is 2. The molecule has 0 saturated carbocycles. The van der Waals surface area contributed by atoms with Crippen molar-refractivity contribution >= 4 is 11.8 Å². The zero-order chi connectivity index (χ0) is 17.1. The summed E-state index contributed by atoms with van der Waals surface area (Å²) in [7, 11) is 0. The highest BCUT2D eigenvalue weighted by Gasteiger charge is 2.20. The summed E-state index contributed by atoms with van der Waals surface area (Å²) in [4.78, 5) is 25.7. The number of amides is 2. The molecule has 0 aromatic heterocycles. The third-order valence-electron chi connectivity index (χ3n) is 3.10. The highest BCUT2D eigenvalue weighted by atomic mass is 16.5. The summed E-state index contributed by atoms with van der Waals surface area (Å²) in [6, 6.07) is 8.68. The number of hydrogen-bond donors (Lipinski definition) is 1. The molecule has 0 fully saturated rings. The first-order valence-corrected chi connectivity index (χ1v) is 7.56. The Bertz CT molecular complexity index is 518. The van der Waals surface area contributed by atoms with Gasteiger partial charge in [0.25, 0.3) is 0 Å². The second-order valence-electron chi connectivity index (χ2n) is 5.02. The Labute approximate surface area is 137 Å². The molecule has 5 heteroatoms. The van der Waals surface area contributed by atoms with Gasteiger partial charge in [-0.05, 0) is 19.1 Å². The minimum absolute atomic E-state index is 0.165. The predicted molar refractivity (Wildman–Crippen MR) is 91.1 cm³/mol. The predicted octanol–water partition coefficient (Wildman–Crippen LogP) is 2.16. The molecule has 0 radical (unpaired) electrons. The van der Waals surface area contributed by atoms with Gasteiger partial charge in [0, 0.05) is 13.1 Å². The molecule has 1 aromatic carbocycles. The lowest BCUT2D eigenvalue weighted by Crippen LogP contribution is -2.47. The molecule has 0 saturated heterocycles. The van der Waals surface area contributed by atoms with Gasteiger partial charge in [-0.15, -0.1) is 13.2 Å². The van der Waals surface area contributed by atoms with Crippen molar-refractivity contribution in [3.8, 4) is 5.75 Å². The van der Waals surface area contributed by atoms with Crippen LogP contribution in [0.25, 0.3) is 0 Å². The number of ether oxygens (including phenoxy) is 1. The molecule has 0 aliphatic carbocycles. The van der Waals surface area contributed by atoms with Gasteiger partial charge in [-0.2, -0.15) is 0 Å². The Kier molecular flexibility index (Phi) is 8.21. The lowest BCUT2D eigenvalue weighted by atomic mass is 10.2. The summed E-state index contributed by atoms with van der Waals surface area (Å²) in [5.41, 5.74) is 0. The van der Waals surface area contributed by atoms with Gasteiger partial charge in [0.15, 0.2) is 0 Å². The van der Waals surface area contributed by atoms with E-state index in [9.17, 15) is 9.59 Å². The van der Waals surface area contributed by atoms with E-state index in [4.69, 9.17) is 4.74 Å². The second-order valence-corrected chi connectivity index (χ2v) is 5.02. The van der Waals surface area contributed by atoms with Gasteiger partial charge in [-0.1, -0.05) is 30.4 Å². The van der Waals surface area contributed by atoms with Crippen molar-refractivity contribution in [3.05, 3.63) is 55.6 Å². The number of carbonyl (C=O) groups is 2. The monoisotopic (exact) mass is 316 g/mol. The third-order valence-corrected chi connectivity index (χ3v) is 3.10. The van der Waals surface area contributed by atoms with Crippen molar-refractivity contribution in [2.24, 2.45) is 0 Å². The smallest absolute Gasteiger partial charge is 0.245 e. The summed E-state index contributed by atoms with van der Waals surface area (Å²) in [5, 5.41) is 2.68. The van der Waals surface area contributed by atoms with Gasteiger partial charge in [0.2, 0.25) is 11.8 Å². The van der Waals surface area contributed by atoms with Crippen molar-refractivity contribution in [3.63, 3.8) is 0 Å². The Hall–Kier alpha value is -2.56. The zero-order valence-electron chi connectivity index (χ0n) is 13.5. The Balaban J connectivity index is 2.38. The molecule has 1 atom stereocenters. The third kappa shape index (κ3) is 6.82. The molecule has 124 valence electrons. The average molecular weight is 316 g/mol. The molecule has 5 nitrogen and oxygen atoms in total. The molecule has 0 heterocycles. The average Bonchev–Trinajstić information content (AvgIpc) is 2.55. The molecule has 0 aliphatic rings. The van der Waals surface area contributed by atoms with Gasteiger partial charge < -0.3 is 15.0 Å². The lowest BCUT2D eigenvalue weighted by molar-refractivity contribution is -0.135. The van der Waals surface area contributed by atoms with Crippen LogP contribution >= 0.6 is 0 Å². The standard InChI is InChI=1S/C18H24N2O3/c1-4-12-20(13-5-2)18(22)15(3)19-17(21)11-14-23-16-9-7-6-8-10-16/h4-10,15H,1-2,11-14H2,3H3,(H,19,21). The Morgan fingerprint density at radius 1 is 1.22 bits per heavy atom. The van der Waals surface area contributed by atoms with E-state index in [1.807, 2.05) is 30.3 Å². The van der Waals surface area contributed by atoms with Crippen LogP contribution in [0, 0.1) is 0 Å². The van der Waals surface area contributed by atoms with E-state index in [-0.39, 0.29) is 24.8 Å². The quantitative estimate of drug-likeness (QED) is 0.673. The first-order chi connectivity index (χ1) is 11.1. The number of nitrogens with zero attached hydrogens (tertiary/aromatic N) is 1. The fourth-order valence-corrected chi connectivity index (χ4v) is 1.99. The SMILES string of the molecule is C=CCN(CC=C)C(=O)C(C)NC(=O)CCOc1ccccc1. The molecular formula is C18H24N2O3. The molecule has 1 rings (SSSR count). The number of benzene rings is 1. The highest BCUT2D eigenvalue weighted by Crippen LogP contribution is 2.08. The second kappa shape index (κ2) is 10.2. The summed E-state index contributed by atoms with van der Waals surface area (Å²) in [6.45, 7) is 10.0. The first-order valence-electron chi connectivity index (χ1n) is 7.56. The molecule has 2 amide bonds. The number of para-hydroxylation sites is 1. The fraction of sp³-hybridized carbons (Fsp3) is 0.333. The Morgan fingerprint density at radius 2 is 1.83 bits per heavy atom. The van der Waals surface area contributed by atoms with Crippen LogP contribution in [-0.4, -0.2) is 42.5 Å². The molecular weight excluding hydrogens is 292 g/mol. The van der Waals surface area contributed by atoms with E-state index >= 15 is 0 Å². The van der Waals surface area contributed by atoms with Crippen LogP contribution in [0.15, 0.2) is 55.6 Å². The van der Waals surface area contributed by atoms with Crippen LogP contribution < -0.4 is 10.1 Å². The first kappa shape index (κ1) is 18.5. The number of rotatable bonds is 10. The fourth-order valence-electron chi connectivity index (χ4n) is 1.99. The van der Waals surface area contributed by atoms with Gasteiger partial charge in [0.05, 0.1) is 13.0 Å². The molecule has 23 heavy (non-hydrogen) atoms. The number of hydrogen-bond acceptors (Lipinski definition) is 3. The maximum Gasteiger partial charge on any atom is 0.245 e. The molecule has 1 aromatic rings. The Morgan fingerprint density at radius 3 is 2.39 bits per heavy atom. The summed E-state index contributed by atoms with van der Waals surface area (Å²) < 4.78 is 5.46. The maximum atomic E-state index is 12.2. The largest absolute Gasteiger partial charge is 0.493 e. The minimum atomic E-state index is -0.598. The van der Waals surface area contributed by atoms with Crippen molar-refractivity contribution in [2.75, 3.05) is 19.7 Å². The molecule has 1 N–H and O–H groups in total. The summed E-state index contributed by atoms with van der Waals surface area (Å²) >= 11 is 0. The van der Waals surface area contributed by atoms with E-state index in [1.165, 1.54) is 0 Å². The van der Waals surface area contributed by atoms with E-state index in [0.29, 0.717) is 18.8 Å². The van der Waals surface area contributed by atoms with Gasteiger partial charge in [0.1, 0.15) is 11.8 Å². The van der Waals surface area contributed by atoms with Crippen LogP contribution in [0.4, 0.5) is 0 Å². The lowest BCUT2D eigenvalue weighted by Gasteiger charge is -2.23. The minimum Gasteiger partial charge on any atom is -0.493 e. The van der Waals surface area contributed by atoms with Crippen molar-refractivity contribution in [2.45, 2.75) is 19.4 Å².